The molecule has 63 heavy (non-hydrogen) atoms. The smallest absolute Gasteiger partial charge is 0.0540 e. The predicted octanol–water partition coefficient (Wildman–Crippen LogP) is 17.4. The molecule has 0 aliphatic heterocycles. The van der Waals surface area contributed by atoms with Gasteiger partial charge in [0.15, 0.2) is 0 Å². The lowest BCUT2D eigenvalue weighted by molar-refractivity contribution is 1.30. The lowest BCUT2D eigenvalue weighted by Crippen LogP contribution is -2.11. The van der Waals surface area contributed by atoms with Crippen molar-refractivity contribution >= 4 is 38.6 Å². The van der Waals surface area contributed by atoms with Gasteiger partial charge in [-0.3, -0.25) is 0 Å². The molecule has 1 nitrogen and oxygen atoms in total. The summed E-state index contributed by atoms with van der Waals surface area (Å²) in [6.07, 6.45) is 0. The molecule has 0 radical (unpaired) electrons. The van der Waals surface area contributed by atoms with Crippen molar-refractivity contribution in [2.75, 3.05) is 4.90 Å². The van der Waals surface area contributed by atoms with Crippen LogP contribution in [-0.4, -0.2) is 0 Å². The third-order valence-electron chi connectivity index (χ3n) is 12.8. The van der Waals surface area contributed by atoms with Crippen LogP contribution >= 0.6 is 0 Å². The molecule has 0 fully saturated rings. The number of hydrogen-bond donors (Lipinski definition) is 0. The molecule has 0 aromatic heterocycles. The molecule has 11 aromatic carbocycles. The molecule has 12 rings (SSSR count). The number of fused-ring (bicyclic) bond motifs is 6. The summed E-state index contributed by atoms with van der Waals surface area (Å²) in [6, 6.07) is 90.7. The molecule has 0 saturated heterocycles. The van der Waals surface area contributed by atoms with Crippen LogP contribution in [0.1, 0.15) is 0 Å². The Morgan fingerprint density at radius 1 is 0.222 bits per heavy atom. The fourth-order valence-corrected chi connectivity index (χ4v) is 9.79. The highest BCUT2D eigenvalue weighted by Gasteiger charge is 2.33. The van der Waals surface area contributed by atoms with Gasteiger partial charge in [-0.05, 0) is 137 Å². The van der Waals surface area contributed by atoms with Crippen LogP contribution in [0.5, 0.6) is 0 Å². The molecule has 0 heterocycles. The number of rotatable bonds is 8. The molecule has 294 valence electrons. The van der Waals surface area contributed by atoms with Gasteiger partial charge in [0.25, 0.3) is 0 Å². The number of hydrogen-bond acceptors (Lipinski definition) is 1. The summed E-state index contributed by atoms with van der Waals surface area (Å²) in [6.45, 7) is 0. The van der Waals surface area contributed by atoms with Crippen LogP contribution in [0.2, 0.25) is 0 Å². The molecule has 1 aliphatic carbocycles. The summed E-state index contributed by atoms with van der Waals surface area (Å²) < 4.78 is 0. The van der Waals surface area contributed by atoms with E-state index in [-0.39, 0.29) is 0 Å². The average molecular weight is 800 g/mol. The van der Waals surface area contributed by atoms with Gasteiger partial charge in [0.05, 0.1) is 5.69 Å². The molecule has 0 amide bonds. The lowest BCUT2D eigenvalue weighted by atomic mass is 9.70. The zero-order valence-electron chi connectivity index (χ0n) is 34.6. The van der Waals surface area contributed by atoms with E-state index in [4.69, 9.17) is 0 Å². The molecule has 0 unspecified atom stereocenters. The fourth-order valence-electron chi connectivity index (χ4n) is 9.79. The third-order valence-corrected chi connectivity index (χ3v) is 12.8. The molecule has 0 N–H and O–H groups in total. The average Bonchev–Trinajstić information content (AvgIpc) is 3.36. The summed E-state index contributed by atoms with van der Waals surface area (Å²) in [4.78, 5) is 2.43. The zero-order valence-corrected chi connectivity index (χ0v) is 34.6. The largest absolute Gasteiger partial charge is 0.310 e. The Labute approximate surface area is 368 Å². The van der Waals surface area contributed by atoms with Crippen LogP contribution in [-0.2, 0) is 0 Å². The Bertz CT molecular complexity index is 3430. The highest BCUT2D eigenvalue weighted by atomic mass is 15.1. The van der Waals surface area contributed by atoms with Crippen LogP contribution in [0.25, 0.3) is 99.4 Å². The third kappa shape index (κ3) is 6.33. The Kier molecular flexibility index (Phi) is 8.90. The Morgan fingerprint density at radius 2 is 0.571 bits per heavy atom. The van der Waals surface area contributed by atoms with Crippen molar-refractivity contribution in [1.82, 2.24) is 0 Å². The summed E-state index contributed by atoms with van der Waals surface area (Å²) >= 11 is 0. The first-order valence-electron chi connectivity index (χ1n) is 21.8. The Balaban J connectivity index is 1.03. The SMILES string of the molecule is c1ccc(-c2ccc(-c3ccc(N(c4ccc(-c5ccccc5)cc4)c4cccc5cc6c(cc45)-c4c-6c(-c5ccccc5)c5ccccc5c4-c4ccccc4)cc3)cc2)cc1. The summed E-state index contributed by atoms with van der Waals surface area (Å²) in [5.41, 5.74) is 20.9. The second kappa shape index (κ2) is 15.3. The zero-order chi connectivity index (χ0) is 41.7. The minimum absolute atomic E-state index is 1.10. The van der Waals surface area contributed by atoms with E-state index in [1.807, 2.05) is 0 Å². The van der Waals surface area contributed by atoms with E-state index in [0.717, 1.165) is 17.1 Å². The van der Waals surface area contributed by atoms with E-state index < -0.39 is 0 Å². The number of benzene rings is 11. The molecule has 0 atom stereocenters. The molecular weight excluding hydrogens is 759 g/mol. The van der Waals surface area contributed by atoms with E-state index in [0.29, 0.717) is 0 Å². The van der Waals surface area contributed by atoms with Crippen LogP contribution in [0, 0.1) is 0 Å². The maximum absolute atomic E-state index is 2.46. The van der Waals surface area contributed by atoms with Crippen molar-refractivity contribution < 1.29 is 0 Å². The van der Waals surface area contributed by atoms with Crippen molar-refractivity contribution in [1.29, 1.82) is 0 Å². The predicted molar refractivity (Wildman–Crippen MR) is 268 cm³/mol. The molecular formula is C62H41N. The van der Waals surface area contributed by atoms with Gasteiger partial charge in [0.2, 0.25) is 0 Å². The van der Waals surface area contributed by atoms with E-state index >= 15 is 0 Å². The maximum atomic E-state index is 2.46. The van der Waals surface area contributed by atoms with Gasteiger partial charge in [-0.2, -0.15) is 0 Å². The first kappa shape index (κ1) is 36.6. The van der Waals surface area contributed by atoms with E-state index in [2.05, 4.69) is 254 Å². The van der Waals surface area contributed by atoms with Crippen LogP contribution in [0.15, 0.2) is 249 Å². The summed E-state index contributed by atoms with van der Waals surface area (Å²) in [5, 5.41) is 4.98. The minimum Gasteiger partial charge on any atom is -0.310 e. The van der Waals surface area contributed by atoms with E-state index in [1.54, 1.807) is 0 Å². The first-order valence-corrected chi connectivity index (χ1v) is 21.8. The van der Waals surface area contributed by atoms with Gasteiger partial charge in [-0.1, -0.05) is 206 Å². The quantitative estimate of drug-likeness (QED) is 0.148. The van der Waals surface area contributed by atoms with Gasteiger partial charge >= 0.3 is 0 Å². The van der Waals surface area contributed by atoms with Gasteiger partial charge < -0.3 is 4.90 Å². The second-order valence-corrected chi connectivity index (χ2v) is 16.4. The van der Waals surface area contributed by atoms with Gasteiger partial charge in [0.1, 0.15) is 0 Å². The number of nitrogens with zero attached hydrogens (tertiary/aromatic N) is 1. The standard InChI is InChI=1S/C62H41N/c1-5-16-42(17-6-1)44-28-30-45(31-29-44)47-34-38-52(39-35-47)63(51-36-32-46(33-37-51)43-18-7-2-8-19-43)58-27-15-24-50-40-56-57(41-55(50)58)62-60(49-22-11-4-12-23-49)54-26-14-13-25-53(54)59(61(56)62)48-20-9-3-10-21-48/h1-41H. The van der Waals surface area contributed by atoms with Crippen molar-refractivity contribution in [3.63, 3.8) is 0 Å². The normalized spacial score (nSPS) is 11.5. The van der Waals surface area contributed by atoms with E-state index in [9.17, 15) is 0 Å². The van der Waals surface area contributed by atoms with Crippen molar-refractivity contribution in [2.24, 2.45) is 0 Å². The topological polar surface area (TPSA) is 3.24 Å². The molecule has 0 spiro atoms. The lowest BCUT2D eigenvalue weighted by Gasteiger charge is -2.33. The molecule has 1 heteroatoms. The molecule has 0 saturated carbocycles. The van der Waals surface area contributed by atoms with Gasteiger partial charge in [-0.15, -0.1) is 0 Å². The van der Waals surface area contributed by atoms with E-state index in [1.165, 1.54) is 99.4 Å². The highest BCUT2D eigenvalue weighted by molar-refractivity contribution is 6.26. The highest BCUT2D eigenvalue weighted by Crippen LogP contribution is 2.60. The maximum Gasteiger partial charge on any atom is 0.0540 e. The monoisotopic (exact) mass is 799 g/mol. The second-order valence-electron chi connectivity index (χ2n) is 16.4. The minimum atomic E-state index is 1.10. The molecule has 1 aliphatic rings. The van der Waals surface area contributed by atoms with Crippen LogP contribution in [0.3, 0.4) is 0 Å². The van der Waals surface area contributed by atoms with Crippen LogP contribution in [0.4, 0.5) is 17.1 Å². The first-order chi connectivity index (χ1) is 31.3. The Morgan fingerprint density at radius 3 is 1.00 bits per heavy atom. The van der Waals surface area contributed by atoms with Crippen molar-refractivity contribution in [3.8, 4) is 77.9 Å². The summed E-state index contributed by atoms with van der Waals surface area (Å²) in [5.74, 6) is 0. The van der Waals surface area contributed by atoms with Crippen LogP contribution < -0.4 is 4.90 Å². The van der Waals surface area contributed by atoms with Crippen molar-refractivity contribution in [2.45, 2.75) is 0 Å². The number of anilines is 3. The molecule has 0 bridgehead atoms. The van der Waals surface area contributed by atoms with Gasteiger partial charge in [0, 0.05) is 16.8 Å². The summed E-state index contributed by atoms with van der Waals surface area (Å²) in [7, 11) is 0. The van der Waals surface area contributed by atoms with Crippen molar-refractivity contribution in [3.05, 3.63) is 249 Å². The van der Waals surface area contributed by atoms with Gasteiger partial charge in [-0.25, -0.2) is 0 Å². The Hall–Kier alpha value is -8.26. The molecule has 11 aromatic rings. The fraction of sp³-hybridized carbons (Fsp3) is 0.